The van der Waals surface area contributed by atoms with Crippen LogP contribution in [0, 0.1) is 29.1 Å². The first-order valence-electron chi connectivity index (χ1n) is 9.55. The minimum Gasteiger partial charge on any atom is -0.466 e. The van der Waals surface area contributed by atoms with E-state index in [1.807, 2.05) is 11.8 Å². The van der Waals surface area contributed by atoms with Gasteiger partial charge in [0, 0.05) is 13.1 Å². The van der Waals surface area contributed by atoms with Crippen LogP contribution in [0.1, 0.15) is 58.3 Å². The van der Waals surface area contributed by atoms with Gasteiger partial charge >= 0.3 is 5.97 Å². The van der Waals surface area contributed by atoms with Gasteiger partial charge in [0.05, 0.1) is 17.9 Å². The Bertz CT molecular complexity index is 466. The molecular formula is C19H29NO3. The van der Waals surface area contributed by atoms with Crippen molar-refractivity contribution in [3.63, 3.8) is 0 Å². The summed E-state index contributed by atoms with van der Waals surface area (Å²) in [5.74, 6) is 2.50. The summed E-state index contributed by atoms with van der Waals surface area (Å²) in [5.41, 5.74) is -0.0781. The number of amides is 1. The summed E-state index contributed by atoms with van der Waals surface area (Å²) in [6, 6.07) is 0. The molecule has 1 heterocycles. The molecule has 4 saturated carbocycles. The van der Waals surface area contributed by atoms with Crippen LogP contribution < -0.4 is 0 Å². The zero-order valence-electron chi connectivity index (χ0n) is 14.3. The van der Waals surface area contributed by atoms with Gasteiger partial charge in [-0.15, -0.1) is 0 Å². The van der Waals surface area contributed by atoms with E-state index in [0.29, 0.717) is 19.1 Å². The number of hydrogen-bond donors (Lipinski definition) is 0. The third-order valence-electron chi connectivity index (χ3n) is 6.82. The Morgan fingerprint density at radius 3 is 2.26 bits per heavy atom. The van der Waals surface area contributed by atoms with Gasteiger partial charge in [0.2, 0.25) is 5.91 Å². The normalized spacial score (nSPS) is 41.9. The highest BCUT2D eigenvalue weighted by Crippen LogP contribution is 2.60. The average molecular weight is 319 g/mol. The van der Waals surface area contributed by atoms with E-state index in [2.05, 4.69) is 0 Å². The van der Waals surface area contributed by atoms with Gasteiger partial charge in [-0.25, -0.2) is 0 Å². The number of rotatable bonds is 3. The molecule has 1 unspecified atom stereocenters. The van der Waals surface area contributed by atoms with Crippen molar-refractivity contribution in [1.29, 1.82) is 0 Å². The third kappa shape index (κ3) is 2.68. The number of carbonyl (C=O) groups excluding carboxylic acids is 2. The maximum atomic E-state index is 13.4. The fourth-order valence-electron chi connectivity index (χ4n) is 6.32. The van der Waals surface area contributed by atoms with Crippen molar-refractivity contribution in [3.8, 4) is 0 Å². The lowest BCUT2D eigenvalue weighted by Gasteiger charge is -2.57. The minimum atomic E-state index is -0.115. The van der Waals surface area contributed by atoms with Crippen molar-refractivity contribution in [2.24, 2.45) is 29.1 Å². The first-order chi connectivity index (χ1) is 11.1. The SMILES string of the molecule is CCOC(=O)C1CCCN(C(=O)C23CC4CC(CC(C4)C2)C3)C1. The zero-order chi connectivity index (χ0) is 16.0. The number of hydrogen-bond acceptors (Lipinski definition) is 3. The van der Waals surface area contributed by atoms with E-state index in [9.17, 15) is 9.59 Å². The highest BCUT2D eigenvalue weighted by Gasteiger charge is 2.55. The quantitative estimate of drug-likeness (QED) is 0.751. The van der Waals surface area contributed by atoms with Gasteiger partial charge in [-0.05, 0) is 76.0 Å². The van der Waals surface area contributed by atoms with Gasteiger partial charge in [0.25, 0.3) is 0 Å². The summed E-state index contributed by atoms with van der Waals surface area (Å²) in [7, 11) is 0. The largest absolute Gasteiger partial charge is 0.466 e. The smallest absolute Gasteiger partial charge is 0.310 e. The number of piperidine rings is 1. The Morgan fingerprint density at radius 2 is 1.70 bits per heavy atom. The molecule has 1 amide bonds. The van der Waals surface area contributed by atoms with Crippen molar-refractivity contribution in [2.45, 2.75) is 58.3 Å². The predicted molar refractivity (Wildman–Crippen MR) is 86.5 cm³/mol. The van der Waals surface area contributed by atoms with Crippen molar-refractivity contribution < 1.29 is 14.3 Å². The van der Waals surface area contributed by atoms with Crippen LogP contribution in [0.5, 0.6) is 0 Å². The Balaban J connectivity index is 1.47. The van der Waals surface area contributed by atoms with Crippen molar-refractivity contribution in [2.75, 3.05) is 19.7 Å². The molecule has 0 aromatic rings. The molecule has 0 N–H and O–H groups in total. The molecule has 4 bridgehead atoms. The van der Waals surface area contributed by atoms with Gasteiger partial charge in [-0.3, -0.25) is 9.59 Å². The van der Waals surface area contributed by atoms with Crippen LogP contribution in [0.3, 0.4) is 0 Å². The van der Waals surface area contributed by atoms with Gasteiger partial charge in [-0.2, -0.15) is 0 Å². The van der Waals surface area contributed by atoms with E-state index in [4.69, 9.17) is 4.74 Å². The Morgan fingerprint density at radius 1 is 1.09 bits per heavy atom. The van der Waals surface area contributed by atoms with Crippen molar-refractivity contribution in [3.05, 3.63) is 0 Å². The van der Waals surface area contributed by atoms with Crippen molar-refractivity contribution >= 4 is 11.9 Å². The van der Waals surface area contributed by atoms with E-state index in [0.717, 1.165) is 56.4 Å². The summed E-state index contributed by atoms with van der Waals surface area (Å²) >= 11 is 0. The lowest BCUT2D eigenvalue weighted by molar-refractivity contribution is -0.162. The summed E-state index contributed by atoms with van der Waals surface area (Å²) in [6.45, 7) is 3.69. The summed E-state index contributed by atoms with van der Waals surface area (Å²) < 4.78 is 5.18. The van der Waals surface area contributed by atoms with Gasteiger partial charge < -0.3 is 9.64 Å². The van der Waals surface area contributed by atoms with Crippen LogP contribution in [0.2, 0.25) is 0 Å². The molecule has 5 fully saturated rings. The predicted octanol–water partition coefficient (Wildman–Crippen LogP) is 3.00. The zero-order valence-corrected chi connectivity index (χ0v) is 14.3. The van der Waals surface area contributed by atoms with Crippen LogP contribution in [-0.4, -0.2) is 36.5 Å². The van der Waals surface area contributed by atoms with Gasteiger partial charge in [-0.1, -0.05) is 0 Å². The number of esters is 1. The molecule has 1 saturated heterocycles. The maximum absolute atomic E-state index is 13.4. The summed E-state index contributed by atoms with van der Waals surface area (Å²) in [4.78, 5) is 27.4. The number of ether oxygens (including phenoxy) is 1. The maximum Gasteiger partial charge on any atom is 0.310 e. The van der Waals surface area contributed by atoms with E-state index < -0.39 is 0 Å². The molecule has 23 heavy (non-hydrogen) atoms. The average Bonchev–Trinajstić information content (AvgIpc) is 2.53. The number of nitrogens with zero attached hydrogens (tertiary/aromatic N) is 1. The van der Waals surface area contributed by atoms with E-state index in [-0.39, 0.29) is 17.3 Å². The monoisotopic (exact) mass is 319 g/mol. The molecule has 5 aliphatic rings. The van der Waals surface area contributed by atoms with Crippen LogP contribution in [0.25, 0.3) is 0 Å². The Labute approximate surface area is 138 Å². The fourth-order valence-corrected chi connectivity index (χ4v) is 6.32. The molecule has 0 aromatic heterocycles. The molecule has 0 aromatic carbocycles. The molecule has 1 atom stereocenters. The van der Waals surface area contributed by atoms with Crippen LogP contribution >= 0.6 is 0 Å². The van der Waals surface area contributed by atoms with E-state index >= 15 is 0 Å². The topological polar surface area (TPSA) is 46.6 Å². The highest BCUT2D eigenvalue weighted by molar-refractivity contribution is 5.84. The van der Waals surface area contributed by atoms with Crippen molar-refractivity contribution in [1.82, 2.24) is 4.90 Å². The van der Waals surface area contributed by atoms with Crippen LogP contribution in [0.4, 0.5) is 0 Å². The lowest BCUT2D eigenvalue weighted by Crippen LogP contribution is -2.56. The molecule has 4 nitrogen and oxygen atoms in total. The van der Waals surface area contributed by atoms with Crippen LogP contribution in [0.15, 0.2) is 0 Å². The second-order valence-electron chi connectivity index (χ2n) is 8.54. The molecule has 1 aliphatic heterocycles. The van der Waals surface area contributed by atoms with E-state index in [1.54, 1.807) is 0 Å². The molecule has 4 aliphatic carbocycles. The summed E-state index contributed by atoms with van der Waals surface area (Å²) in [6.07, 6.45) is 9.20. The molecule has 4 heteroatoms. The second-order valence-corrected chi connectivity index (χ2v) is 8.54. The highest BCUT2D eigenvalue weighted by atomic mass is 16.5. The van der Waals surface area contributed by atoms with Gasteiger partial charge in [0.1, 0.15) is 0 Å². The molecule has 0 spiro atoms. The third-order valence-corrected chi connectivity index (χ3v) is 6.82. The number of likely N-dealkylation sites (tertiary alicyclic amines) is 1. The standard InChI is InChI=1S/C19H29NO3/c1-2-23-17(21)16-4-3-5-20(12-16)18(22)19-9-13-6-14(10-19)8-15(7-13)11-19/h13-16H,2-12H2,1H3. The fraction of sp³-hybridized carbons (Fsp3) is 0.895. The molecule has 5 rings (SSSR count). The first-order valence-corrected chi connectivity index (χ1v) is 9.55. The van der Waals surface area contributed by atoms with Crippen LogP contribution in [-0.2, 0) is 14.3 Å². The summed E-state index contributed by atoms with van der Waals surface area (Å²) in [5, 5.41) is 0. The molecule has 128 valence electrons. The molecular weight excluding hydrogens is 290 g/mol. The van der Waals surface area contributed by atoms with Gasteiger partial charge in [0.15, 0.2) is 0 Å². The first kappa shape index (κ1) is 15.5. The molecule has 0 radical (unpaired) electrons. The number of carbonyl (C=O) groups is 2. The second kappa shape index (κ2) is 5.78. The van der Waals surface area contributed by atoms with E-state index in [1.165, 1.54) is 19.3 Å². The Kier molecular flexibility index (Phi) is 3.89. The lowest BCUT2D eigenvalue weighted by atomic mass is 9.49. The Hall–Kier alpha value is -1.06. The minimum absolute atomic E-state index is 0.0781.